The van der Waals surface area contributed by atoms with Gasteiger partial charge in [0.2, 0.25) is 11.8 Å². The Kier molecular flexibility index (Phi) is 2.59. The van der Waals surface area contributed by atoms with Crippen LogP contribution in [0.1, 0.15) is 12.0 Å². The predicted octanol–water partition coefficient (Wildman–Crippen LogP) is 3.02. The van der Waals surface area contributed by atoms with Crippen LogP contribution in [0.4, 0.5) is 18.9 Å². The second kappa shape index (κ2) is 4.21. The van der Waals surface area contributed by atoms with Gasteiger partial charge in [-0.15, -0.1) is 0 Å². The summed E-state index contributed by atoms with van der Waals surface area (Å²) in [6.45, 7) is 0. The van der Waals surface area contributed by atoms with Gasteiger partial charge in [0, 0.05) is 0 Å². The molecule has 0 radical (unpaired) electrons. The Hall–Kier alpha value is -2.11. The molecule has 0 spiro atoms. The van der Waals surface area contributed by atoms with E-state index in [4.69, 9.17) is 0 Å². The number of anilines is 1. The zero-order valence-electron chi connectivity index (χ0n) is 11.4. The Balaban J connectivity index is 1.67. The van der Waals surface area contributed by atoms with Crippen molar-refractivity contribution >= 4 is 17.5 Å². The maximum atomic E-state index is 12.6. The summed E-state index contributed by atoms with van der Waals surface area (Å²) in [6, 6.07) is 4.18. The molecular weight excluding hydrogens is 295 g/mol. The monoisotopic (exact) mass is 307 g/mol. The van der Waals surface area contributed by atoms with Crippen molar-refractivity contribution in [2.75, 3.05) is 4.90 Å². The second-order valence-corrected chi connectivity index (χ2v) is 6.06. The van der Waals surface area contributed by atoms with E-state index in [9.17, 15) is 22.8 Å². The number of benzene rings is 1. The number of imide groups is 1. The molecule has 2 amide bonds. The van der Waals surface area contributed by atoms with Gasteiger partial charge in [0.15, 0.2) is 0 Å². The molecule has 1 aliphatic heterocycles. The molecule has 2 aliphatic carbocycles. The molecule has 0 N–H and O–H groups in total. The molecule has 2 bridgehead atoms. The highest BCUT2D eigenvalue weighted by atomic mass is 19.4. The van der Waals surface area contributed by atoms with Crippen molar-refractivity contribution in [3.8, 4) is 0 Å². The molecule has 0 unspecified atom stereocenters. The zero-order chi connectivity index (χ0) is 15.6. The number of hydrogen-bond donors (Lipinski definition) is 0. The van der Waals surface area contributed by atoms with Crippen molar-refractivity contribution in [1.82, 2.24) is 0 Å². The van der Waals surface area contributed by atoms with Crippen LogP contribution in [0, 0.1) is 23.7 Å². The van der Waals surface area contributed by atoms with Crippen molar-refractivity contribution in [2.24, 2.45) is 23.7 Å². The lowest BCUT2D eigenvalue weighted by molar-refractivity contribution is -0.137. The quantitative estimate of drug-likeness (QED) is 0.591. The van der Waals surface area contributed by atoms with Gasteiger partial charge >= 0.3 is 6.18 Å². The lowest BCUT2D eigenvalue weighted by atomic mass is 9.85. The van der Waals surface area contributed by atoms with Gasteiger partial charge in [0.25, 0.3) is 0 Å². The number of hydrogen-bond acceptors (Lipinski definition) is 2. The summed E-state index contributed by atoms with van der Waals surface area (Å²) >= 11 is 0. The van der Waals surface area contributed by atoms with E-state index in [1.807, 2.05) is 12.2 Å². The number of halogens is 3. The Morgan fingerprint density at radius 3 is 1.86 bits per heavy atom. The fourth-order valence-corrected chi connectivity index (χ4v) is 3.96. The van der Waals surface area contributed by atoms with Gasteiger partial charge in [-0.05, 0) is 42.5 Å². The van der Waals surface area contributed by atoms with Gasteiger partial charge in [0.05, 0.1) is 23.1 Å². The van der Waals surface area contributed by atoms with Crippen LogP contribution in [-0.4, -0.2) is 11.8 Å². The summed E-state index contributed by atoms with van der Waals surface area (Å²) in [6.07, 6.45) is 0.352. The molecular formula is C16H12F3NO2. The molecule has 1 aromatic rings. The second-order valence-electron chi connectivity index (χ2n) is 6.06. The molecule has 2 fully saturated rings. The van der Waals surface area contributed by atoms with Gasteiger partial charge < -0.3 is 0 Å². The lowest BCUT2D eigenvalue weighted by Crippen LogP contribution is -2.32. The van der Waals surface area contributed by atoms with Crippen LogP contribution in [0.15, 0.2) is 36.4 Å². The number of allylic oxidation sites excluding steroid dienone is 2. The van der Waals surface area contributed by atoms with E-state index in [2.05, 4.69) is 0 Å². The highest BCUT2D eigenvalue weighted by Crippen LogP contribution is 2.53. The number of rotatable bonds is 1. The molecule has 1 aromatic carbocycles. The van der Waals surface area contributed by atoms with Gasteiger partial charge in [0.1, 0.15) is 0 Å². The molecule has 1 heterocycles. The first-order chi connectivity index (χ1) is 10.4. The summed E-state index contributed by atoms with van der Waals surface area (Å²) in [7, 11) is 0. The first-order valence-electron chi connectivity index (χ1n) is 7.11. The molecule has 4 atom stereocenters. The number of carbonyl (C=O) groups excluding carboxylic acids is 2. The third-order valence-corrected chi connectivity index (χ3v) is 4.92. The van der Waals surface area contributed by atoms with Crippen LogP contribution in [-0.2, 0) is 15.8 Å². The van der Waals surface area contributed by atoms with Crippen molar-refractivity contribution in [1.29, 1.82) is 0 Å². The molecule has 22 heavy (non-hydrogen) atoms. The maximum absolute atomic E-state index is 12.6. The third kappa shape index (κ3) is 1.69. The van der Waals surface area contributed by atoms with E-state index in [1.54, 1.807) is 0 Å². The Morgan fingerprint density at radius 1 is 0.909 bits per heavy atom. The van der Waals surface area contributed by atoms with Crippen molar-refractivity contribution < 1.29 is 22.8 Å². The number of fused-ring (bicyclic) bond motifs is 5. The molecule has 0 aromatic heterocycles. The van der Waals surface area contributed by atoms with E-state index >= 15 is 0 Å². The molecule has 3 nitrogen and oxygen atoms in total. The van der Waals surface area contributed by atoms with E-state index < -0.39 is 11.7 Å². The SMILES string of the molecule is O=C1[C@@H]2[C@@H](C(=O)N1c1ccc(C(F)(F)F)cc1)[C@H]1C=C[C@@H]2C1. The van der Waals surface area contributed by atoms with E-state index in [0.717, 1.165) is 23.5 Å². The number of alkyl halides is 3. The Morgan fingerprint density at radius 2 is 1.41 bits per heavy atom. The number of carbonyl (C=O) groups is 2. The molecule has 1 saturated carbocycles. The van der Waals surface area contributed by atoms with Crippen LogP contribution < -0.4 is 4.90 Å². The lowest BCUT2D eigenvalue weighted by Gasteiger charge is -2.18. The normalized spacial score (nSPS) is 33.0. The fourth-order valence-electron chi connectivity index (χ4n) is 3.96. The van der Waals surface area contributed by atoms with Gasteiger partial charge in [-0.3, -0.25) is 14.5 Å². The summed E-state index contributed by atoms with van der Waals surface area (Å²) in [4.78, 5) is 26.1. The minimum Gasteiger partial charge on any atom is -0.274 e. The average Bonchev–Trinajstić information content (AvgIpc) is 3.12. The zero-order valence-corrected chi connectivity index (χ0v) is 11.4. The molecule has 3 aliphatic rings. The molecule has 1 saturated heterocycles. The van der Waals surface area contributed by atoms with E-state index in [-0.39, 0.29) is 41.2 Å². The minimum absolute atomic E-state index is 0.0888. The standard InChI is InChI=1S/C16H12F3NO2/c17-16(18,19)10-3-5-11(6-4-10)20-14(21)12-8-1-2-9(7-8)13(12)15(20)22/h1-6,8-9,12-13H,7H2/t8-,9+,12-,13-/m0/s1. The van der Waals surface area contributed by atoms with Gasteiger partial charge in [-0.1, -0.05) is 12.2 Å². The predicted molar refractivity (Wildman–Crippen MR) is 71.7 cm³/mol. The van der Waals surface area contributed by atoms with Crippen molar-refractivity contribution in [3.05, 3.63) is 42.0 Å². The van der Waals surface area contributed by atoms with Gasteiger partial charge in [-0.25, -0.2) is 0 Å². The summed E-state index contributed by atoms with van der Waals surface area (Å²) in [5, 5.41) is 0. The molecule has 114 valence electrons. The summed E-state index contributed by atoms with van der Waals surface area (Å²) in [5.41, 5.74) is -0.575. The van der Waals surface area contributed by atoms with Gasteiger partial charge in [-0.2, -0.15) is 13.2 Å². The topological polar surface area (TPSA) is 37.4 Å². The van der Waals surface area contributed by atoms with E-state index in [1.165, 1.54) is 12.1 Å². The van der Waals surface area contributed by atoms with Crippen molar-refractivity contribution in [2.45, 2.75) is 12.6 Å². The third-order valence-electron chi connectivity index (χ3n) is 4.92. The molecule has 4 rings (SSSR count). The average molecular weight is 307 g/mol. The first kappa shape index (κ1) is 13.5. The van der Waals surface area contributed by atoms with Crippen LogP contribution in [0.5, 0.6) is 0 Å². The largest absolute Gasteiger partial charge is 0.416 e. The summed E-state index contributed by atoms with van der Waals surface area (Å²) in [5.74, 6) is -1.08. The Bertz CT molecular complexity index is 662. The van der Waals surface area contributed by atoms with Crippen LogP contribution in [0.25, 0.3) is 0 Å². The van der Waals surface area contributed by atoms with Crippen molar-refractivity contribution in [3.63, 3.8) is 0 Å². The highest BCUT2D eigenvalue weighted by Gasteiger charge is 2.59. The fraction of sp³-hybridized carbons (Fsp3) is 0.375. The smallest absolute Gasteiger partial charge is 0.274 e. The maximum Gasteiger partial charge on any atom is 0.416 e. The summed E-state index contributed by atoms with van der Waals surface area (Å²) < 4.78 is 37.8. The number of nitrogens with zero attached hydrogens (tertiary/aromatic N) is 1. The minimum atomic E-state index is -4.43. The van der Waals surface area contributed by atoms with Crippen LogP contribution in [0.2, 0.25) is 0 Å². The highest BCUT2D eigenvalue weighted by molar-refractivity contribution is 6.22. The molecule has 6 heteroatoms. The first-order valence-corrected chi connectivity index (χ1v) is 7.11. The van der Waals surface area contributed by atoms with Crippen LogP contribution >= 0.6 is 0 Å². The van der Waals surface area contributed by atoms with Crippen LogP contribution in [0.3, 0.4) is 0 Å². The van der Waals surface area contributed by atoms with E-state index in [0.29, 0.717) is 0 Å². The Labute approximate surface area is 124 Å². The number of amides is 2.